The summed E-state index contributed by atoms with van der Waals surface area (Å²) < 4.78 is 5.22. The zero-order valence-corrected chi connectivity index (χ0v) is 11.2. The first-order valence-electron chi connectivity index (χ1n) is 4.20. The second-order valence-electron chi connectivity index (χ2n) is 3.00. The van der Waals surface area contributed by atoms with Crippen LogP contribution in [-0.4, -0.2) is 44.4 Å². The number of nitrogens with zero attached hydrogens (tertiary/aromatic N) is 1. The van der Waals surface area contributed by atoms with Crippen LogP contribution in [-0.2, 0) is 4.74 Å². The normalized spacial score (nSPS) is 25.0. The number of piperidine rings is 1. The molecule has 1 saturated heterocycles. The van der Waals surface area contributed by atoms with E-state index in [4.69, 9.17) is 4.74 Å². The summed E-state index contributed by atoms with van der Waals surface area (Å²) >= 11 is 0. The van der Waals surface area contributed by atoms with Crippen molar-refractivity contribution >= 4 is 0 Å². The second-order valence-corrected chi connectivity index (χ2v) is 3.00. The molecule has 0 amide bonds. The van der Waals surface area contributed by atoms with E-state index in [-0.39, 0.29) is 58.0 Å². The number of rotatable bonds is 3. The molecule has 1 rings (SSSR count). The minimum atomic E-state index is 0. The first-order valence-corrected chi connectivity index (χ1v) is 4.20. The van der Waals surface area contributed by atoms with Crippen molar-refractivity contribution in [3.8, 4) is 0 Å². The Labute approximate surface area is 117 Å². The summed E-state index contributed by atoms with van der Waals surface area (Å²) in [4.78, 5) is 2.19. The van der Waals surface area contributed by atoms with E-state index in [0.29, 0.717) is 12.6 Å². The van der Waals surface area contributed by atoms with Crippen LogP contribution >= 0.6 is 0 Å². The van der Waals surface area contributed by atoms with Crippen molar-refractivity contribution in [3.63, 3.8) is 0 Å². The van der Waals surface area contributed by atoms with Gasteiger partial charge in [-0.15, -0.1) is 6.61 Å². The average Bonchev–Trinajstić information content (AvgIpc) is 2.06. The Kier molecular flexibility index (Phi) is 8.87. The van der Waals surface area contributed by atoms with Crippen LogP contribution in [0.2, 0.25) is 0 Å². The first kappa shape index (κ1) is 13.5. The SMILES string of the molecule is COC1CCCN(CC[O-])C1.[K+]. The van der Waals surface area contributed by atoms with Gasteiger partial charge < -0.3 is 14.7 Å². The van der Waals surface area contributed by atoms with E-state index in [1.807, 2.05) is 0 Å². The standard InChI is InChI=1S/C8H16NO2.K/c1-11-8-3-2-4-9(7-8)5-6-10;/h8H,2-7H2,1H3;/q-1;+1. The van der Waals surface area contributed by atoms with Gasteiger partial charge in [-0.3, -0.25) is 0 Å². The van der Waals surface area contributed by atoms with Crippen molar-refractivity contribution in [3.05, 3.63) is 0 Å². The molecule has 3 nitrogen and oxygen atoms in total. The van der Waals surface area contributed by atoms with Crippen LogP contribution in [0.25, 0.3) is 0 Å². The van der Waals surface area contributed by atoms with E-state index in [2.05, 4.69) is 4.90 Å². The summed E-state index contributed by atoms with van der Waals surface area (Å²) in [6.07, 6.45) is 2.67. The van der Waals surface area contributed by atoms with Gasteiger partial charge in [0.05, 0.1) is 6.10 Å². The number of hydrogen-bond donors (Lipinski definition) is 0. The van der Waals surface area contributed by atoms with Crippen molar-refractivity contribution in [2.75, 3.05) is 33.4 Å². The molecule has 0 aromatic carbocycles. The van der Waals surface area contributed by atoms with Crippen LogP contribution in [0.4, 0.5) is 0 Å². The zero-order chi connectivity index (χ0) is 8.10. The maximum absolute atomic E-state index is 10.3. The van der Waals surface area contributed by atoms with Crippen molar-refractivity contribution in [1.82, 2.24) is 4.90 Å². The third kappa shape index (κ3) is 4.67. The van der Waals surface area contributed by atoms with Crippen LogP contribution in [0, 0.1) is 0 Å². The van der Waals surface area contributed by atoms with Crippen molar-refractivity contribution in [2.24, 2.45) is 0 Å². The summed E-state index contributed by atoms with van der Waals surface area (Å²) in [5.41, 5.74) is 0. The third-order valence-electron chi connectivity index (χ3n) is 2.20. The van der Waals surface area contributed by atoms with E-state index in [9.17, 15) is 5.11 Å². The van der Waals surface area contributed by atoms with Gasteiger partial charge in [-0.05, 0) is 25.9 Å². The molecule has 1 unspecified atom stereocenters. The molecule has 0 saturated carbocycles. The fourth-order valence-corrected chi connectivity index (χ4v) is 1.54. The Bertz CT molecular complexity index is 111. The predicted molar refractivity (Wildman–Crippen MR) is 41.3 cm³/mol. The average molecular weight is 197 g/mol. The van der Waals surface area contributed by atoms with Crippen molar-refractivity contribution in [2.45, 2.75) is 18.9 Å². The Balaban J connectivity index is 0.00000121. The largest absolute Gasteiger partial charge is 1.00 e. The molecular formula is C8H16KNO2. The molecule has 0 aromatic heterocycles. The maximum atomic E-state index is 10.3. The monoisotopic (exact) mass is 197 g/mol. The number of methoxy groups -OCH3 is 1. The molecule has 12 heavy (non-hydrogen) atoms. The Morgan fingerprint density at radius 1 is 1.58 bits per heavy atom. The van der Waals surface area contributed by atoms with Gasteiger partial charge in [0.1, 0.15) is 0 Å². The summed E-state index contributed by atoms with van der Waals surface area (Å²) in [6, 6.07) is 0. The number of likely N-dealkylation sites (tertiary alicyclic amines) is 1. The van der Waals surface area contributed by atoms with E-state index >= 15 is 0 Å². The zero-order valence-electron chi connectivity index (χ0n) is 8.08. The second kappa shape index (κ2) is 7.88. The van der Waals surface area contributed by atoms with E-state index in [0.717, 1.165) is 19.5 Å². The van der Waals surface area contributed by atoms with Crippen LogP contribution < -0.4 is 56.5 Å². The minimum absolute atomic E-state index is 0. The molecule has 1 heterocycles. The van der Waals surface area contributed by atoms with Gasteiger partial charge in [0.15, 0.2) is 0 Å². The predicted octanol–water partition coefficient (Wildman–Crippen LogP) is -3.54. The van der Waals surface area contributed by atoms with Gasteiger partial charge in [-0.2, -0.15) is 0 Å². The molecule has 0 spiro atoms. The van der Waals surface area contributed by atoms with Gasteiger partial charge in [-0.25, -0.2) is 0 Å². The van der Waals surface area contributed by atoms with Crippen molar-refractivity contribution in [1.29, 1.82) is 0 Å². The van der Waals surface area contributed by atoms with Crippen LogP contribution in [0.15, 0.2) is 0 Å². The smallest absolute Gasteiger partial charge is 0.854 e. The molecule has 0 radical (unpaired) electrons. The van der Waals surface area contributed by atoms with Crippen LogP contribution in [0.1, 0.15) is 12.8 Å². The van der Waals surface area contributed by atoms with Gasteiger partial charge in [0.25, 0.3) is 0 Å². The van der Waals surface area contributed by atoms with E-state index in [1.165, 1.54) is 6.42 Å². The quantitative estimate of drug-likeness (QED) is 0.440. The fourth-order valence-electron chi connectivity index (χ4n) is 1.54. The summed E-state index contributed by atoms with van der Waals surface area (Å²) in [5, 5.41) is 10.3. The molecule has 4 heteroatoms. The topological polar surface area (TPSA) is 35.5 Å². The minimum Gasteiger partial charge on any atom is -0.854 e. The summed E-state index contributed by atoms with van der Waals surface area (Å²) in [7, 11) is 1.74. The molecule has 0 bridgehead atoms. The van der Waals surface area contributed by atoms with Gasteiger partial charge >= 0.3 is 51.4 Å². The molecule has 1 fully saturated rings. The van der Waals surface area contributed by atoms with Crippen LogP contribution in [0.3, 0.4) is 0 Å². The summed E-state index contributed by atoms with van der Waals surface area (Å²) in [6.45, 7) is 2.71. The first-order chi connectivity index (χ1) is 5.36. The molecule has 0 aromatic rings. The summed E-state index contributed by atoms with van der Waals surface area (Å²) in [5.74, 6) is 0. The molecule has 0 aliphatic carbocycles. The number of hydrogen-bond acceptors (Lipinski definition) is 3. The third-order valence-corrected chi connectivity index (χ3v) is 2.20. The Morgan fingerprint density at radius 3 is 2.92 bits per heavy atom. The van der Waals surface area contributed by atoms with Crippen LogP contribution in [0.5, 0.6) is 0 Å². The van der Waals surface area contributed by atoms with Gasteiger partial charge in [0.2, 0.25) is 0 Å². The molecular weight excluding hydrogens is 181 g/mol. The molecule has 0 N–H and O–H groups in total. The van der Waals surface area contributed by atoms with E-state index < -0.39 is 0 Å². The molecule has 1 atom stereocenters. The van der Waals surface area contributed by atoms with E-state index in [1.54, 1.807) is 7.11 Å². The molecule has 1 aliphatic heterocycles. The fraction of sp³-hybridized carbons (Fsp3) is 1.00. The maximum Gasteiger partial charge on any atom is 1.00 e. The van der Waals surface area contributed by atoms with Crippen molar-refractivity contribution < 1.29 is 61.2 Å². The number of ether oxygens (including phenoxy) is 1. The molecule has 66 valence electrons. The molecule has 1 aliphatic rings. The van der Waals surface area contributed by atoms with Gasteiger partial charge in [0, 0.05) is 13.7 Å². The Morgan fingerprint density at radius 2 is 2.33 bits per heavy atom. The van der Waals surface area contributed by atoms with Gasteiger partial charge in [-0.1, -0.05) is 0 Å². The Hall–Kier alpha value is 1.52.